The van der Waals surface area contributed by atoms with Gasteiger partial charge in [0.1, 0.15) is 5.75 Å². The third-order valence-electron chi connectivity index (χ3n) is 5.82. The monoisotopic (exact) mass is 459 g/mol. The Bertz CT molecular complexity index is 1060. The van der Waals surface area contributed by atoms with Gasteiger partial charge in [-0.3, -0.25) is 9.69 Å². The van der Waals surface area contributed by atoms with Crippen LogP contribution >= 0.6 is 0 Å². The van der Waals surface area contributed by atoms with Gasteiger partial charge >= 0.3 is 0 Å². The second-order valence-corrected chi connectivity index (χ2v) is 9.95. The van der Waals surface area contributed by atoms with Crippen molar-refractivity contribution in [3.8, 4) is 5.75 Å². The Morgan fingerprint density at radius 1 is 1.06 bits per heavy atom. The van der Waals surface area contributed by atoms with Crippen molar-refractivity contribution in [2.45, 2.75) is 24.3 Å². The van der Waals surface area contributed by atoms with Gasteiger partial charge in [-0.15, -0.1) is 0 Å². The highest BCUT2D eigenvalue weighted by atomic mass is 32.2. The molecule has 0 saturated carbocycles. The van der Waals surface area contributed by atoms with Crippen molar-refractivity contribution in [2.24, 2.45) is 0 Å². The minimum absolute atomic E-state index is 0.150. The van der Waals surface area contributed by atoms with E-state index < -0.39 is 10.0 Å². The van der Waals surface area contributed by atoms with Gasteiger partial charge in [-0.1, -0.05) is 12.1 Å². The largest absolute Gasteiger partial charge is 0.495 e. The third kappa shape index (κ3) is 5.12. The molecule has 8 nitrogen and oxygen atoms in total. The summed E-state index contributed by atoms with van der Waals surface area (Å²) in [7, 11) is -2.11. The lowest BCUT2D eigenvalue weighted by molar-refractivity contribution is 0.0342. The standard InChI is InChI=1S/C23H29N3O5S/c1-30-22-8-7-20(32(28,29)26-9-2-3-10-26)16-21(22)24-23(27)19-6-4-5-18(15-19)17-25-11-13-31-14-12-25/h4-8,15-16H,2-3,9-14,17H2,1H3,(H,24,27). The molecule has 0 atom stereocenters. The first kappa shape index (κ1) is 22.7. The molecule has 2 aliphatic heterocycles. The summed E-state index contributed by atoms with van der Waals surface area (Å²) in [5, 5.41) is 2.83. The number of carbonyl (C=O) groups excluding carboxylic acids is 1. The van der Waals surface area contributed by atoms with Gasteiger partial charge in [0.05, 0.1) is 30.9 Å². The number of hydrogen-bond acceptors (Lipinski definition) is 6. The van der Waals surface area contributed by atoms with Crippen LogP contribution in [0.1, 0.15) is 28.8 Å². The maximum Gasteiger partial charge on any atom is 0.255 e. The minimum Gasteiger partial charge on any atom is -0.495 e. The number of amides is 1. The number of rotatable bonds is 7. The van der Waals surface area contributed by atoms with Crippen LogP contribution in [0.3, 0.4) is 0 Å². The second-order valence-electron chi connectivity index (χ2n) is 8.02. The number of benzene rings is 2. The zero-order valence-corrected chi connectivity index (χ0v) is 19.1. The van der Waals surface area contributed by atoms with Crippen molar-refractivity contribution in [3.63, 3.8) is 0 Å². The molecule has 1 N–H and O–H groups in total. The average molecular weight is 460 g/mol. The van der Waals surface area contributed by atoms with Crippen LogP contribution in [0.4, 0.5) is 5.69 Å². The molecule has 172 valence electrons. The number of methoxy groups -OCH3 is 1. The topological polar surface area (TPSA) is 88.2 Å². The molecule has 9 heteroatoms. The van der Waals surface area contributed by atoms with E-state index in [2.05, 4.69) is 10.2 Å². The van der Waals surface area contributed by atoms with Crippen LogP contribution < -0.4 is 10.1 Å². The molecule has 2 aliphatic rings. The SMILES string of the molecule is COc1ccc(S(=O)(=O)N2CCCC2)cc1NC(=O)c1cccc(CN2CCOCC2)c1. The molecule has 2 aromatic carbocycles. The Balaban J connectivity index is 1.53. The Kier molecular flexibility index (Phi) is 7.10. The summed E-state index contributed by atoms with van der Waals surface area (Å²) in [6, 6.07) is 12.0. The maximum absolute atomic E-state index is 13.0. The summed E-state index contributed by atoms with van der Waals surface area (Å²) in [4.78, 5) is 15.4. The molecule has 2 fully saturated rings. The number of hydrogen-bond donors (Lipinski definition) is 1. The summed E-state index contributed by atoms with van der Waals surface area (Å²) in [6.45, 7) is 4.96. The van der Waals surface area contributed by atoms with E-state index in [1.165, 1.54) is 23.5 Å². The molecular weight excluding hydrogens is 430 g/mol. The molecular formula is C23H29N3O5S. The van der Waals surface area contributed by atoms with E-state index in [1.54, 1.807) is 12.1 Å². The van der Waals surface area contributed by atoms with Crippen LogP contribution in [0.2, 0.25) is 0 Å². The molecule has 1 amide bonds. The number of morpholine rings is 1. The molecule has 0 aromatic heterocycles. The fourth-order valence-electron chi connectivity index (χ4n) is 4.05. The number of ether oxygens (including phenoxy) is 2. The van der Waals surface area contributed by atoms with Gasteiger partial charge in [-0.05, 0) is 48.7 Å². The molecule has 0 aliphatic carbocycles. The van der Waals surface area contributed by atoms with Gasteiger partial charge in [0.15, 0.2) is 0 Å². The van der Waals surface area contributed by atoms with E-state index in [0.29, 0.717) is 30.1 Å². The van der Waals surface area contributed by atoms with Crippen LogP contribution in [-0.2, 0) is 21.3 Å². The predicted octanol–water partition coefficient (Wildman–Crippen LogP) is 2.56. The van der Waals surface area contributed by atoms with Crippen molar-refractivity contribution in [1.82, 2.24) is 9.21 Å². The summed E-state index contributed by atoms with van der Waals surface area (Å²) in [5.41, 5.74) is 1.87. The Morgan fingerprint density at radius 2 is 1.81 bits per heavy atom. The van der Waals surface area contributed by atoms with Gasteiger partial charge in [0.2, 0.25) is 10.0 Å². The maximum atomic E-state index is 13.0. The summed E-state index contributed by atoms with van der Waals surface area (Å²) in [6.07, 6.45) is 1.72. The lowest BCUT2D eigenvalue weighted by Crippen LogP contribution is -2.35. The average Bonchev–Trinajstić information content (AvgIpc) is 3.36. The zero-order valence-electron chi connectivity index (χ0n) is 18.2. The van der Waals surface area contributed by atoms with Crippen LogP contribution in [0.25, 0.3) is 0 Å². The molecule has 0 radical (unpaired) electrons. The van der Waals surface area contributed by atoms with Gasteiger partial charge in [-0.25, -0.2) is 8.42 Å². The van der Waals surface area contributed by atoms with Crippen LogP contribution in [0.15, 0.2) is 47.4 Å². The smallest absolute Gasteiger partial charge is 0.255 e. The Hall–Kier alpha value is -2.46. The normalized spacial score (nSPS) is 17.9. The number of nitrogens with one attached hydrogen (secondary N) is 1. The van der Waals surface area contributed by atoms with E-state index in [9.17, 15) is 13.2 Å². The summed E-state index contributed by atoms with van der Waals surface area (Å²) >= 11 is 0. The highest BCUT2D eigenvalue weighted by molar-refractivity contribution is 7.89. The van der Waals surface area contributed by atoms with E-state index >= 15 is 0 Å². The van der Waals surface area contributed by atoms with Gasteiger partial charge in [0, 0.05) is 38.3 Å². The van der Waals surface area contributed by atoms with Crippen molar-refractivity contribution in [1.29, 1.82) is 0 Å². The number of nitrogens with zero attached hydrogens (tertiary/aromatic N) is 2. The summed E-state index contributed by atoms with van der Waals surface area (Å²) < 4.78 is 38.1. The highest BCUT2D eigenvalue weighted by Crippen LogP contribution is 2.30. The van der Waals surface area contributed by atoms with Crippen LogP contribution in [-0.4, -0.2) is 70.0 Å². The van der Waals surface area contributed by atoms with Gasteiger partial charge < -0.3 is 14.8 Å². The summed E-state index contributed by atoms with van der Waals surface area (Å²) in [5.74, 6) is 0.0889. The molecule has 32 heavy (non-hydrogen) atoms. The Labute approximate surface area is 189 Å². The third-order valence-corrected chi connectivity index (χ3v) is 7.72. The molecule has 2 aromatic rings. The van der Waals surface area contributed by atoms with Crippen LogP contribution in [0.5, 0.6) is 5.75 Å². The minimum atomic E-state index is -3.60. The lowest BCUT2D eigenvalue weighted by Gasteiger charge is -2.26. The first-order valence-corrected chi connectivity index (χ1v) is 12.3. The quantitative estimate of drug-likeness (QED) is 0.685. The molecule has 0 spiro atoms. The van der Waals surface area contributed by atoms with E-state index in [0.717, 1.165) is 51.3 Å². The fourth-order valence-corrected chi connectivity index (χ4v) is 5.59. The van der Waals surface area contributed by atoms with E-state index in [4.69, 9.17) is 9.47 Å². The lowest BCUT2D eigenvalue weighted by atomic mass is 10.1. The molecule has 0 bridgehead atoms. The van der Waals surface area contributed by atoms with Crippen molar-refractivity contribution in [3.05, 3.63) is 53.6 Å². The van der Waals surface area contributed by atoms with Crippen LogP contribution in [0, 0.1) is 0 Å². The van der Waals surface area contributed by atoms with Gasteiger partial charge in [-0.2, -0.15) is 4.31 Å². The fraction of sp³-hybridized carbons (Fsp3) is 0.435. The Morgan fingerprint density at radius 3 is 2.53 bits per heavy atom. The molecule has 0 unspecified atom stereocenters. The second kappa shape index (κ2) is 9.99. The van der Waals surface area contributed by atoms with E-state index in [1.807, 2.05) is 18.2 Å². The highest BCUT2D eigenvalue weighted by Gasteiger charge is 2.28. The molecule has 4 rings (SSSR count). The van der Waals surface area contributed by atoms with E-state index in [-0.39, 0.29) is 10.8 Å². The zero-order chi connectivity index (χ0) is 22.6. The van der Waals surface area contributed by atoms with Crippen molar-refractivity contribution >= 4 is 21.6 Å². The molecule has 2 heterocycles. The first-order valence-electron chi connectivity index (χ1n) is 10.9. The van der Waals surface area contributed by atoms with Crippen molar-refractivity contribution in [2.75, 3.05) is 51.8 Å². The number of carbonyl (C=O) groups is 1. The number of anilines is 1. The van der Waals surface area contributed by atoms with Gasteiger partial charge in [0.25, 0.3) is 5.91 Å². The first-order chi connectivity index (χ1) is 15.5. The van der Waals surface area contributed by atoms with Crippen molar-refractivity contribution < 1.29 is 22.7 Å². The molecule has 2 saturated heterocycles. The number of sulfonamides is 1. The predicted molar refractivity (Wildman–Crippen MR) is 121 cm³/mol.